The van der Waals surface area contributed by atoms with Crippen LogP contribution < -0.4 is 15.4 Å². The fourth-order valence-corrected chi connectivity index (χ4v) is 3.16. The molecule has 0 spiro atoms. The largest absolute Gasteiger partial charge is 0.439 e. The summed E-state index contributed by atoms with van der Waals surface area (Å²) in [6.07, 6.45) is 5.32. The zero-order valence-electron chi connectivity index (χ0n) is 15.4. The number of thioether (sulfide) groups is 1. The van der Waals surface area contributed by atoms with E-state index in [1.165, 1.54) is 4.90 Å². The van der Waals surface area contributed by atoms with Gasteiger partial charge in [-0.3, -0.25) is 0 Å². The van der Waals surface area contributed by atoms with E-state index < -0.39 is 0 Å². The Balaban J connectivity index is 1.68. The minimum absolute atomic E-state index is 0.219. The number of morpholine rings is 1. The van der Waals surface area contributed by atoms with Gasteiger partial charge in [0.05, 0.1) is 18.9 Å². The first-order valence-electron chi connectivity index (χ1n) is 8.83. The summed E-state index contributed by atoms with van der Waals surface area (Å²) >= 11 is 1.68. The summed E-state index contributed by atoms with van der Waals surface area (Å²) in [5.74, 6) is 1.98. The number of hydrogen-bond donors (Lipinski definition) is 1. The molecule has 2 aromatic heterocycles. The number of anilines is 2. The van der Waals surface area contributed by atoms with Gasteiger partial charge in [-0.15, -0.1) is 11.8 Å². The smallest absolute Gasteiger partial charge is 0.229 e. The lowest BCUT2D eigenvalue weighted by Crippen LogP contribution is -2.37. The summed E-state index contributed by atoms with van der Waals surface area (Å²) in [7, 11) is 0. The molecule has 0 bridgehead atoms. The molecule has 144 valence electrons. The Morgan fingerprint density at radius 1 is 1.07 bits per heavy atom. The minimum Gasteiger partial charge on any atom is -0.439 e. The Morgan fingerprint density at radius 3 is 2.46 bits per heavy atom. The lowest BCUT2D eigenvalue weighted by molar-refractivity contribution is 0.122. The van der Waals surface area contributed by atoms with Gasteiger partial charge in [0.15, 0.2) is 0 Å². The molecule has 9 heteroatoms. The van der Waals surface area contributed by atoms with Gasteiger partial charge in [-0.25, -0.2) is 15.0 Å². The van der Waals surface area contributed by atoms with Gasteiger partial charge in [0.2, 0.25) is 17.8 Å². The maximum absolute atomic E-state index is 6.01. The molecule has 3 heterocycles. The first-order chi connectivity index (χ1) is 13.7. The Morgan fingerprint density at radius 2 is 1.79 bits per heavy atom. The molecule has 1 aliphatic rings. The highest BCUT2D eigenvalue weighted by Crippen LogP contribution is 2.28. The van der Waals surface area contributed by atoms with Crippen molar-refractivity contribution < 1.29 is 9.47 Å². The Bertz CT molecular complexity index is 930. The van der Waals surface area contributed by atoms with Crippen molar-refractivity contribution in [1.82, 2.24) is 19.9 Å². The highest BCUT2D eigenvalue weighted by atomic mass is 32.2. The van der Waals surface area contributed by atoms with E-state index in [-0.39, 0.29) is 5.95 Å². The standard InChI is InChI=1S/C19H20N6O2S/c1-28-15-4-2-14(3-5-15)27-17-10-16(13-11-21-18(20)22-12-13)23-19(24-17)25-6-8-26-9-7-25/h2-5,10-12H,6-9H2,1H3,(H2,20,21,22). The van der Waals surface area contributed by atoms with Crippen LogP contribution in [0.5, 0.6) is 11.6 Å². The summed E-state index contributed by atoms with van der Waals surface area (Å²) in [5.41, 5.74) is 7.02. The number of nitrogens with zero attached hydrogens (tertiary/aromatic N) is 5. The van der Waals surface area contributed by atoms with Crippen LogP contribution in [-0.2, 0) is 4.74 Å². The zero-order chi connectivity index (χ0) is 19.3. The van der Waals surface area contributed by atoms with E-state index in [4.69, 9.17) is 15.2 Å². The van der Waals surface area contributed by atoms with E-state index in [0.717, 1.165) is 18.7 Å². The van der Waals surface area contributed by atoms with Crippen LogP contribution in [0.2, 0.25) is 0 Å². The van der Waals surface area contributed by atoms with Gasteiger partial charge in [0.1, 0.15) is 5.75 Å². The average molecular weight is 396 g/mol. The number of hydrogen-bond acceptors (Lipinski definition) is 9. The van der Waals surface area contributed by atoms with Crippen molar-refractivity contribution in [2.24, 2.45) is 0 Å². The SMILES string of the molecule is CSc1ccc(Oc2cc(-c3cnc(N)nc3)nc(N3CCOCC3)n2)cc1. The van der Waals surface area contributed by atoms with Gasteiger partial charge in [-0.05, 0) is 30.5 Å². The van der Waals surface area contributed by atoms with E-state index >= 15 is 0 Å². The van der Waals surface area contributed by atoms with E-state index in [1.807, 2.05) is 30.5 Å². The highest BCUT2D eigenvalue weighted by molar-refractivity contribution is 7.98. The second kappa shape index (κ2) is 8.41. The van der Waals surface area contributed by atoms with Crippen LogP contribution in [-0.4, -0.2) is 52.5 Å². The van der Waals surface area contributed by atoms with Crippen LogP contribution in [0.15, 0.2) is 47.6 Å². The Kier molecular flexibility index (Phi) is 5.54. The highest BCUT2D eigenvalue weighted by Gasteiger charge is 2.17. The minimum atomic E-state index is 0.219. The van der Waals surface area contributed by atoms with E-state index in [0.29, 0.717) is 36.5 Å². The Hall–Kier alpha value is -2.91. The molecule has 1 aliphatic heterocycles. The third-order valence-corrected chi connectivity index (χ3v) is 4.98. The summed E-state index contributed by atoms with van der Waals surface area (Å²) in [6, 6.07) is 9.65. The molecule has 0 amide bonds. The monoisotopic (exact) mass is 396 g/mol. The van der Waals surface area contributed by atoms with Crippen molar-refractivity contribution in [3.63, 3.8) is 0 Å². The molecule has 0 radical (unpaired) electrons. The van der Waals surface area contributed by atoms with Crippen LogP contribution in [0.4, 0.5) is 11.9 Å². The number of ether oxygens (including phenoxy) is 2. The van der Waals surface area contributed by atoms with Crippen molar-refractivity contribution in [2.45, 2.75) is 4.90 Å². The topological polar surface area (TPSA) is 99.3 Å². The maximum atomic E-state index is 6.01. The van der Waals surface area contributed by atoms with E-state index in [1.54, 1.807) is 30.2 Å². The molecule has 28 heavy (non-hydrogen) atoms. The molecular formula is C19H20N6O2S. The fraction of sp³-hybridized carbons (Fsp3) is 0.263. The van der Waals surface area contributed by atoms with Crippen molar-refractivity contribution in [3.05, 3.63) is 42.7 Å². The predicted molar refractivity (Wildman–Crippen MR) is 109 cm³/mol. The third kappa shape index (κ3) is 4.32. The van der Waals surface area contributed by atoms with Crippen molar-refractivity contribution in [1.29, 1.82) is 0 Å². The molecule has 4 rings (SSSR count). The number of aromatic nitrogens is 4. The lowest BCUT2D eigenvalue weighted by atomic mass is 10.2. The van der Waals surface area contributed by atoms with Gasteiger partial charge in [0, 0.05) is 42.0 Å². The summed E-state index contributed by atoms with van der Waals surface area (Å²) in [6.45, 7) is 2.74. The molecule has 0 saturated carbocycles. The van der Waals surface area contributed by atoms with E-state index in [2.05, 4.69) is 24.8 Å². The number of benzene rings is 1. The lowest BCUT2D eigenvalue weighted by Gasteiger charge is -2.27. The Labute approximate surface area is 167 Å². The van der Waals surface area contributed by atoms with Gasteiger partial charge in [-0.1, -0.05) is 0 Å². The van der Waals surface area contributed by atoms with Crippen molar-refractivity contribution in [2.75, 3.05) is 43.2 Å². The molecule has 2 N–H and O–H groups in total. The summed E-state index contributed by atoms with van der Waals surface area (Å²) in [4.78, 5) is 20.7. The number of nitrogens with two attached hydrogens (primary N) is 1. The van der Waals surface area contributed by atoms with E-state index in [9.17, 15) is 0 Å². The van der Waals surface area contributed by atoms with Gasteiger partial charge < -0.3 is 20.1 Å². The van der Waals surface area contributed by atoms with Crippen LogP contribution >= 0.6 is 11.8 Å². The zero-order valence-corrected chi connectivity index (χ0v) is 16.2. The molecular weight excluding hydrogens is 376 g/mol. The molecule has 3 aromatic rings. The van der Waals surface area contributed by atoms with Crippen molar-refractivity contribution in [3.8, 4) is 22.9 Å². The van der Waals surface area contributed by atoms with Crippen molar-refractivity contribution >= 4 is 23.7 Å². The molecule has 0 aliphatic carbocycles. The second-order valence-electron chi connectivity index (χ2n) is 6.10. The fourth-order valence-electron chi connectivity index (χ4n) is 2.75. The first kappa shape index (κ1) is 18.5. The van der Waals surface area contributed by atoms with Gasteiger partial charge in [-0.2, -0.15) is 4.98 Å². The average Bonchev–Trinajstić information content (AvgIpc) is 2.75. The van der Waals surface area contributed by atoms with Gasteiger partial charge in [0.25, 0.3) is 0 Å². The first-order valence-corrected chi connectivity index (χ1v) is 10.1. The number of rotatable bonds is 5. The maximum Gasteiger partial charge on any atom is 0.229 e. The molecule has 1 fully saturated rings. The molecule has 0 unspecified atom stereocenters. The van der Waals surface area contributed by atoms with Crippen LogP contribution in [0, 0.1) is 0 Å². The normalized spacial score (nSPS) is 14.1. The molecule has 0 atom stereocenters. The van der Waals surface area contributed by atoms with Crippen LogP contribution in [0.25, 0.3) is 11.3 Å². The molecule has 1 aromatic carbocycles. The van der Waals surface area contributed by atoms with Crippen LogP contribution in [0.1, 0.15) is 0 Å². The quantitative estimate of drug-likeness (QED) is 0.653. The van der Waals surface area contributed by atoms with Gasteiger partial charge >= 0.3 is 0 Å². The second-order valence-corrected chi connectivity index (χ2v) is 6.98. The number of nitrogen functional groups attached to an aromatic ring is 1. The summed E-state index contributed by atoms with van der Waals surface area (Å²) < 4.78 is 11.4. The molecule has 8 nitrogen and oxygen atoms in total. The summed E-state index contributed by atoms with van der Waals surface area (Å²) in [5, 5.41) is 0. The predicted octanol–water partition coefficient (Wildman–Crippen LogP) is 2.87. The molecule has 1 saturated heterocycles. The third-order valence-electron chi connectivity index (χ3n) is 4.23. The van der Waals surface area contributed by atoms with Crippen LogP contribution in [0.3, 0.4) is 0 Å².